The Morgan fingerprint density at radius 3 is 2.23 bits per heavy atom. The Bertz CT molecular complexity index is 953. The number of nitrogens with zero attached hydrogens (tertiary/aromatic N) is 2. The zero-order valence-corrected chi connectivity index (χ0v) is 15.0. The normalized spacial score (nSPS) is 20.6. The van der Waals surface area contributed by atoms with Crippen LogP contribution in [0.5, 0.6) is 0 Å². The maximum atomic E-state index is 14.0. The fourth-order valence-electron chi connectivity index (χ4n) is 3.05. The van der Waals surface area contributed by atoms with E-state index in [0.717, 1.165) is 12.6 Å². The first-order valence-corrected chi connectivity index (χ1v) is 9.69. The third-order valence-corrected chi connectivity index (χ3v) is 5.60. The van der Waals surface area contributed by atoms with Gasteiger partial charge in [0, 0.05) is 11.9 Å². The van der Waals surface area contributed by atoms with Gasteiger partial charge in [-0.1, -0.05) is 24.3 Å². The van der Waals surface area contributed by atoms with Crippen LogP contribution in [0, 0.1) is 6.92 Å². The molecule has 8 heteroatoms. The molecule has 1 aliphatic rings. The molecule has 138 valence electrons. The SMILES string of the molecule is Cc1ccccc1C1(C(F)(F)F)CN(c2ccc(S(C)(=O)=O)cc2)C=N1. The van der Waals surface area contributed by atoms with Gasteiger partial charge in [-0.05, 0) is 42.3 Å². The molecule has 0 aromatic heterocycles. The third kappa shape index (κ3) is 3.09. The summed E-state index contributed by atoms with van der Waals surface area (Å²) < 4.78 is 65.0. The molecule has 1 unspecified atom stereocenters. The van der Waals surface area contributed by atoms with Gasteiger partial charge in [-0.3, -0.25) is 4.99 Å². The van der Waals surface area contributed by atoms with Crippen molar-refractivity contribution in [1.82, 2.24) is 0 Å². The van der Waals surface area contributed by atoms with E-state index < -0.39 is 28.1 Å². The largest absolute Gasteiger partial charge is 0.419 e. The molecule has 3 rings (SSSR count). The molecule has 1 aliphatic heterocycles. The van der Waals surface area contributed by atoms with Crippen molar-refractivity contribution < 1.29 is 21.6 Å². The minimum Gasteiger partial charge on any atom is -0.330 e. The fourth-order valence-corrected chi connectivity index (χ4v) is 3.68. The maximum absolute atomic E-state index is 14.0. The maximum Gasteiger partial charge on any atom is 0.419 e. The molecule has 0 spiro atoms. The van der Waals surface area contributed by atoms with Gasteiger partial charge in [0.1, 0.15) is 0 Å². The second kappa shape index (κ2) is 6.12. The monoisotopic (exact) mass is 382 g/mol. The summed E-state index contributed by atoms with van der Waals surface area (Å²) >= 11 is 0. The Morgan fingerprint density at radius 2 is 1.69 bits per heavy atom. The number of hydrogen-bond acceptors (Lipinski definition) is 4. The van der Waals surface area contributed by atoms with E-state index in [1.165, 1.54) is 35.2 Å². The Balaban J connectivity index is 1.99. The minimum absolute atomic E-state index is 0.110. The van der Waals surface area contributed by atoms with Gasteiger partial charge in [0.15, 0.2) is 9.84 Å². The molecule has 0 fully saturated rings. The molecule has 0 radical (unpaired) electrons. The van der Waals surface area contributed by atoms with Crippen molar-refractivity contribution in [3.05, 3.63) is 59.7 Å². The van der Waals surface area contributed by atoms with Crippen molar-refractivity contribution in [3.8, 4) is 0 Å². The molecule has 0 N–H and O–H groups in total. The molecule has 26 heavy (non-hydrogen) atoms. The number of hydrogen-bond donors (Lipinski definition) is 0. The highest BCUT2D eigenvalue weighted by atomic mass is 32.2. The van der Waals surface area contributed by atoms with Crippen LogP contribution in [0.3, 0.4) is 0 Å². The van der Waals surface area contributed by atoms with Crippen molar-refractivity contribution in [1.29, 1.82) is 0 Å². The average molecular weight is 382 g/mol. The van der Waals surface area contributed by atoms with Crippen molar-refractivity contribution in [2.75, 3.05) is 17.7 Å². The van der Waals surface area contributed by atoms with Gasteiger partial charge in [-0.25, -0.2) is 8.42 Å². The lowest BCUT2D eigenvalue weighted by Gasteiger charge is -2.32. The Hall–Kier alpha value is -2.35. The lowest BCUT2D eigenvalue weighted by molar-refractivity contribution is -0.183. The summed E-state index contributed by atoms with van der Waals surface area (Å²) in [6.45, 7) is 1.22. The van der Waals surface area contributed by atoms with Gasteiger partial charge in [0.25, 0.3) is 0 Å². The number of sulfone groups is 1. The van der Waals surface area contributed by atoms with Crippen molar-refractivity contribution in [3.63, 3.8) is 0 Å². The highest BCUT2D eigenvalue weighted by Gasteiger charge is 2.59. The Morgan fingerprint density at radius 1 is 1.08 bits per heavy atom. The first-order valence-electron chi connectivity index (χ1n) is 7.79. The summed E-state index contributed by atoms with van der Waals surface area (Å²) in [7, 11) is -3.37. The lowest BCUT2D eigenvalue weighted by Crippen LogP contribution is -2.45. The number of rotatable bonds is 3. The summed E-state index contributed by atoms with van der Waals surface area (Å²) in [5.74, 6) is 0. The molecule has 4 nitrogen and oxygen atoms in total. The summed E-state index contributed by atoms with van der Waals surface area (Å²) in [6.07, 6.45) is -2.33. The van der Waals surface area contributed by atoms with Crippen LogP contribution in [-0.2, 0) is 15.4 Å². The summed E-state index contributed by atoms with van der Waals surface area (Å²) in [4.78, 5) is 5.35. The Labute approximate surface area is 149 Å². The van der Waals surface area contributed by atoms with Crippen LogP contribution in [0.1, 0.15) is 11.1 Å². The fraction of sp³-hybridized carbons (Fsp3) is 0.278. The molecule has 1 atom stereocenters. The van der Waals surface area contributed by atoms with E-state index in [1.54, 1.807) is 25.1 Å². The van der Waals surface area contributed by atoms with Crippen LogP contribution in [-0.4, -0.2) is 33.7 Å². The number of alkyl halides is 3. The second-order valence-corrected chi connectivity index (χ2v) is 8.33. The number of aliphatic imine (C=N–C) groups is 1. The van der Waals surface area contributed by atoms with Crippen LogP contribution in [0.4, 0.5) is 18.9 Å². The van der Waals surface area contributed by atoms with Crippen molar-refractivity contribution >= 4 is 21.9 Å². The van der Waals surface area contributed by atoms with Crippen molar-refractivity contribution in [2.45, 2.75) is 23.5 Å². The molecule has 2 aromatic rings. The molecule has 0 amide bonds. The van der Waals surface area contributed by atoms with Crippen molar-refractivity contribution in [2.24, 2.45) is 4.99 Å². The van der Waals surface area contributed by atoms with E-state index in [0.29, 0.717) is 11.3 Å². The number of benzene rings is 2. The van der Waals surface area contributed by atoms with Gasteiger partial charge >= 0.3 is 6.18 Å². The summed E-state index contributed by atoms with van der Waals surface area (Å²) in [5, 5.41) is 0. The molecule has 0 saturated heterocycles. The molecule has 1 heterocycles. The van der Waals surface area contributed by atoms with Crippen LogP contribution >= 0.6 is 0 Å². The number of anilines is 1. The third-order valence-electron chi connectivity index (χ3n) is 4.47. The van der Waals surface area contributed by atoms with E-state index in [-0.39, 0.29) is 10.5 Å². The first kappa shape index (κ1) is 18.4. The van der Waals surface area contributed by atoms with E-state index in [4.69, 9.17) is 0 Å². The average Bonchev–Trinajstić information content (AvgIpc) is 3.01. The molecular formula is C18H17F3N2O2S. The van der Waals surface area contributed by atoms with E-state index in [9.17, 15) is 21.6 Å². The molecule has 2 aromatic carbocycles. The van der Waals surface area contributed by atoms with Gasteiger partial charge < -0.3 is 4.90 Å². The number of halogens is 3. The summed E-state index contributed by atoms with van der Waals surface area (Å²) in [5.41, 5.74) is -1.29. The molecule has 0 aliphatic carbocycles. The predicted molar refractivity (Wildman–Crippen MR) is 94.3 cm³/mol. The lowest BCUT2D eigenvalue weighted by atomic mass is 9.87. The summed E-state index contributed by atoms with van der Waals surface area (Å²) in [6, 6.07) is 12.0. The first-order chi connectivity index (χ1) is 12.0. The standard InChI is InChI=1S/C18H17F3N2O2S/c1-13-5-3-4-6-16(13)17(18(19,20)21)11-23(12-22-17)14-7-9-15(10-8-14)26(2,24)25/h3-10,12H,11H2,1-2H3. The van der Waals surface area contributed by atoms with Gasteiger partial charge in [-0.2, -0.15) is 13.2 Å². The quantitative estimate of drug-likeness (QED) is 0.813. The number of aryl methyl sites for hydroxylation is 1. The van der Waals surface area contributed by atoms with E-state index in [1.807, 2.05) is 0 Å². The second-order valence-electron chi connectivity index (χ2n) is 6.31. The highest BCUT2D eigenvalue weighted by molar-refractivity contribution is 7.90. The van der Waals surface area contributed by atoms with Crippen LogP contribution in [0.15, 0.2) is 58.4 Å². The zero-order chi connectivity index (χ0) is 19.2. The van der Waals surface area contributed by atoms with Crippen LogP contribution in [0.2, 0.25) is 0 Å². The van der Waals surface area contributed by atoms with Crippen LogP contribution in [0.25, 0.3) is 0 Å². The van der Waals surface area contributed by atoms with E-state index in [2.05, 4.69) is 4.99 Å². The van der Waals surface area contributed by atoms with Gasteiger partial charge in [0.2, 0.25) is 5.54 Å². The van der Waals surface area contributed by atoms with Gasteiger partial charge in [-0.15, -0.1) is 0 Å². The zero-order valence-electron chi connectivity index (χ0n) is 14.2. The molecule has 0 bridgehead atoms. The topological polar surface area (TPSA) is 49.7 Å². The predicted octanol–water partition coefficient (Wildman–Crippen LogP) is 3.70. The van der Waals surface area contributed by atoms with Gasteiger partial charge in [0.05, 0.1) is 17.8 Å². The van der Waals surface area contributed by atoms with E-state index >= 15 is 0 Å². The molecule has 0 saturated carbocycles. The highest BCUT2D eigenvalue weighted by Crippen LogP contribution is 2.46. The smallest absolute Gasteiger partial charge is 0.330 e. The Kier molecular flexibility index (Phi) is 4.34. The minimum atomic E-state index is -4.57. The molecular weight excluding hydrogens is 365 g/mol. The van der Waals surface area contributed by atoms with Crippen LogP contribution < -0.4 is 4.90 Å².